The van der Waals surface area contributed by atoms with Crippen molar-refractivity contribution in [3.05, 3.63) is 35.4 Å². The van der Waals surface area contributed by atoms with Crippen LogP contribution in [0.3, 0.4) is 0 Å². The maximum absolute atomic E-state index is 13.8. The predicted molar refractivity (Wildman–Crippen MR) is 62.7 cm³/mol. The molecule has 0 radical (unpaired) electrons. The van der Waals surface area contributed by atoms with Gasteiger partial charge in [0.25, 0.3) is 0 Å². The van der Waals surface area contributed by atoms with Gasteiger partial charge in [-0.3, -0.25) is 4.79 Å². The summed E-state index contributed by atoms with van der Waals surface area (Å²) in [5.41, 5.74) is -2.46. The van der Waals surface area contributed by atoms with Gasteiger partial charge in [-0.15, -0.1) is 0 Å². The van der Waals surface area contributed by atoms with Crippen molar-refractivity contribution in [1.82, 2.24) is 4.90 Å². The van der Waals surface area contributed by atoms with Crippen LogP contribution in [-0.4, -0.2) is 40.6 Å². The fourth-order valence-electron chi connectivity index (χ4n) is 2.10. The molecule has 1 N–H and O–H groups in total. The Balaban J connectivity index is 2.05. The number of carbonyl (C=O) groups excluding carboxylic acids is 1. The van der Waals surface area contributed by atoms with Crippen LogP contribution in [0, 0.1) is 11.6 Å². The second kappa shape index (κ2) is 5.15. The summed E-state index contributed by atoms with van der Waals surface area (Å²) in [6, 6.07) is 2.81. The van der Waals surface area contributed by atoms with Gasteiger partial charge in [0.15, 0.2) is 0 Å². The molecule has 1 aromatic carbocycles. The molecule has 4 nitrogen and oxygen atoms in total. The Kier molecular flexibility index (Phi) is 3.69. The van der Waals surface area contributed by atoms with Gasteiger partial charge in [-0.05, 0) is 11.6 Å². The second-order valence-corrected chi connectivity index (χ2v) is 4.75. The molecular formula is C13H12F3NO3. The lowest BCUT2D eigenvalue weighted by Gasteiger charge is -2.17. The lowest BCUT2D eigenvalue weighted by molar-refractivity contribution is -0.150. The molecule has 1 amide bonds. The van der Waals surface area contributed by atoms with E-state index in [0.29, 0.717) is 6.07 Å². The number of nitrogens with zero attached hydrogens (tertiary/aromatic N) is 1. The zero-order valence-corrected chi connectivity index (χ0v) is 10.4. The van der Waals surface area contributed by atoms with E-state index >= 15 is 0 Å². The predicted octanol–water partition coefficient (Wildman–Crippen LogP) is 1.53. The Hall–Kier alpha value is -2.05. The fourth-order valence-corrected chi connectivity index (χ4v) is 2.10. The first-order valence-corrected chi connectivity index (χ1v) is 5.96. The Labute approximate surface area is 112 Å². The van der Waals surface area contributed by atoms with Gasteiger partial charge in [0.2, 0.25) is 11.6 Å². The topological polar surface area (TPSA) is 57.6 Å². The van der Waals surface area contributed by atoms with Crippen LogP contribution in [0.2, 0.25) is 0 Å². The van der Waals surface area contributed by atoms with Crippen molar-refractivity contribution in [1.29, 1.82) is 0 Å². The number of amides is 1. The van der Waals surface area contributed by atoms with E-state index in [2.05, 4.69) is 0 Å². The molecule has 1 aliphatic rings. The van der Waals surface area contributed by atoms with Crippen molar-refractivity contribution in [2.45, 2.75) is 18.5 Å². The van der Waals surface area contributed by atoms with E-state index in [1.54, 1.807) is 0 Å². The van der Waals surface area contributed by atoms with Crippen LogP contribution in [0.1, 0.15) is 12.0 Å². The normalized spacial score (nSPS) is 22.1. The number of aliphatic carboxylic acids is 1. The zero-order valence-electron chi connectivity index (χ0n) is 10.4. The number of hydrogen-bond donors (Lipinski definition) is 1. The molecule has 1 heterocycles. The highest BCUT2D eigenvalue weighted by molar-refractivity contribution is 5.83. The zero-order chi connectivity index (χ0) is 14.9. The molecule has 7 heteroatoms. The summed E-state index contributed by atoms with van der Waals surface area (Å²) in [6.07, 6.45) is -0.651. The van der Waals surface area contributed by atoms with Crippen LogP contribution in [0.5, 0.6) is 0 Å². The van der Waals surface area contributed by atoms with Crippen LogP contribution in [0.15, 0.2) is 18.2 Å². The lowest BCUT2D eigenvalue weighted by atomic mass is 10.1. The standard InChI is InChI=1S/C13H12F3NO3/c14-9-2-1-8(10(15)6-9)5-11(18)17-4-3-13(16,7-17)12(19)20/h1-2,6H,3-5,7H2,(H,19,20). The summed E-state index contributed by atoms with van der Waals surface area (Å²) >= 11 is 0. The molecule has 1 fully saturated rings. The number of likely N-dealkylation sites (tertiary alicyclic amines) is 1. The molecular weight excluding hydrogens is 275 g/mol. The van der Waals surface area contributed by atoms with Gasteiger partial charge in [0, 0.05) is 19.0 Å². The maximum atomic E-state index is 13.8. The Bertz CT molecular complexity index is 564. The number of alkyl halides is 1. The van der Waals surface area contributed by atoms with Gasteiger partial charge >= 0.3 is 5.97 Å². The highest BCUT2D eigenvalue weighted by Crippen LogP contribution is 2.26. The number of carbonyl (C=O) groups is 2. The number of hydrogen-bond acceptors (Lipinski definition) is 2. The van der Waals surface area contributed by atoms with Gasteiger partial charge in [0.05, 0.1) is 13.0 Å². The van der Waals surface area contributed by atoms with Gasteiger partial charge in [0.1, 0.15) is 11.6 Å². The molecule has 2 rings (SSSR count). The van der Waals surface area contributed by atoms with Crippen molar-refractivity contribution in [2.75, 3.05) is 13.1 Å². The Morgan fingerprint density at radius 2 is 2.05 bits per heavy atom. The molecule has 1 aromatic rings. The van der Waals surface area contributed by atoms with Crippen LogP contribution in [0.25, 0.3) is 0 Å². The highest BCUT2D eigenvalue weighted by atomic mass is 19.1. The SMILES string of the molecule is O=C(Cc1ccc(F)cc1F)N1CCC(F)(C(=O)O)C1. The molecule has 1 atom stereocenters. The van der Waals surface area contributed by atoms with Crippen molar-refractivity contribution >= 4 is 11.9 Å². The highest BCUT2D eigenvalue weighted by Gasteiger charge is 2.46. The summed E-state index contributed by atoms with van der Waals surface area (Å²) in [5.74, 6) is -3.81. The van der Waals surface area contributed by atoms with E-state index in [1.807, 2.05) is 0 Å². The van der Waals surface area contributed by atoms with Crippen LogP contribution in [-0.2, 0) is 16.0 Å². The number of rotatable bonds is 3. The fraction of sp³-hybridized carbons (Fsp3) is 0.385. The van der Waals surface area contributed by atoms with Crippen molar-refractivity contribution in [3.8, 4) is 0 Å². The lowest BCUT2D eigenvalue weighted by Crippen LogP contribution is -2.39. The van der Waals surface area contributed by atoms with E-state index in [4.69, 9.17) is 5.11 Å². The van der Waals surface area contributed by atoms with Crippen molar-refractivity contribution in [2.24, 2.45) is 0 Å². The molecule has 0 aliphatic carbocycles. The van der Waals surface area contributed by atoms with E-state index in [1.165, 1.54) is 0 Å². The van der Waals surface area contributed by atoms with Crippen molar-refractivity contribution < 1.29 is 27.9 Å². The summed E-state index contributed by atoms with van der Waals surface area (Å²) in [6.45, 7) is -0.589. The third-order valence-electron chi connectivity index (χ3n) is 3.31. The van der Waals surface area contributed by atoms with Crippen molar-refractivity contribution in [3.63, 3.8) is 0 Å². The molecule has 108 valence electrons. The minimum atomic E-state index is -2.45. The van der Waals surface area contributed by atoms with E-state index in [-0.39, 0.29) is 24.9 Å². The third kappa shape index (κ3) is 2.76. The third-order valence-corrected chi connectivity index (χ3v) is 3.31. The van der Waals surface area contributed by atoms with Gasteiger partial charge in [-0.1, -0.05) is 6.07 Å². The molecule has 0 bridgehead atoms. The van der Waals surface area contributed by atoms with E-state index < -0.39 is 35.7 Å². The first kappa shape index (κ1) is 14.4. The Morgan fingerprint density at radius 3 is 2.60 bits per heavy atom. The van der Waals surface area contributed by atoms with Gasteiger partial charge < -0.3 is 10.0 Å². The van der Waals surface area contributed by atoms with Crippen LogP contribution >= 0.6 is 0 Å². The quantitative estimate of drug-likeness (QED) is 0.917. The number of carboxylic acid groups (broad SMARTS) is 1. The molecule has 0 aromatic heterocycles. The molecule has 1 aliphatic heterocycles. The smallest absolute Gasteiger partial charge is 0.343 e. The van der Waals surface area contributed by atoms with E-state index in [9.17, 15) is 22.8 Å². The monoisotopic (exact) mass is 287 g/mol. The molecule has 0 spiro atoms. The summed E-state index contributed by atoms with van der Waals surface area (Å²) in [4.78, 5) is 23.6. The largest absolute Gasteiger partial charge is 0.479 e. The van der Waals surface area contributed by atoms with Crippen LogP contribution in [0.4, 0.5) is 13.2 Å². The number of halogens is 3. The summed E-state index contributed by atoms with van der Waals surface area (Å²) < 4.78 is 39.9. The molecule has 1 unspecified atom stereocenters. The van der Waals surface area contributed by atoms with Gasteiger partial charge in [-0.2, -0.15) is 0 Å². The Morgan fingerprint density at radius 1 is 1.35 bits per heavy atom. The minimum absolute atomic E-state index is 0.0110. The first-order chi connectivity index (χ1) is 9.32. The molecule has 1 saturated heterocycles. The average molecular weight is 287 g/mol. The summed E-state index contributed by atoms with van der Waals surface area (Å²) in [7, 11) is 0. The number of carboxylic acids is 1. The van der Waals surface area contributed by atoms with E-state index in [0.717, 1.165) is 17.0 Å². The molecule has 20 heavy (non-hydrogen) atoms. The van der Waals surface area contributed by atoms with Crippen LogP contribution < -0.4 is 0 Å². The minimum Gasteiger partial charge on any atom is -0.479 e. The first-order valence-electron chi connectivity index (χ1n) is 5.96. The average Bonchev–Trinajstić information content (AvgIpc) is 2.77. The maximum Gasteiger partial charge on any atom is 0.343 e. The second-order valence-electron chi connectivity index (χ2n) is 4.75. The van der Waals surface area contributed by atoms with Gasteiger partial charge in [-0.25, -0.2) is 18.0 Å². The summed E-state index contributed by atoms with van der Waals surface area (Å²) in [5, 5.41) is 8.72. The number of benzene rings is 1. The molecule has 0 saturated carbocycles.